The molecule has 3 rings (SSSR count). The van der Waals surface area contributed by atoms with E-state index in [2.05, 4.69) is 10.5 Å². The van der Waals surface area contributed by atoms with Crippen molar-refractivity contribution in [1.82, 2.24) is 5.43 Å². The lowest BCUT2D eigenvalue weighted by Crippen LogP contribution is -2.19. The van der Waals surface area contributed by atoms with E-state index in [-0.39, 0.29) is 28.7 Å². The van der Waals surface area contributed by atoms with Crippen molar-refractivity contribution in [3.05, 3.63) is 81.3 Å². The fraction of sp³-hybridized carbons (Fsp3) is 0.160. The Bertz CT molecular complexity index is 1260. The maximum absolute atomic E-state index is 12.5. The molecule has 0 bridgehead atoms. The molecule has 10 heteroatoms. The lowest BCUT2D eigenvalue weighted by molar-refractivity contribution is -0.120. The Morgan fingerprint density at radius 3 is 2.23 bits per heavy atom. The van der Waals surface area contributed by atoms with Crippen LogP contribution < -0.4 is 24.4 Å². The molecule has 1 N–H and O–H groups in total. The van der Waals surface area contributed by atoms with Gasteiger partial charge in [-0.1, -0.05) is 29.3 Å². The second kappa shape index (κ2) is 12.1. The number of hydrogen-bond donors (Lipinski definition) is 1. The highest BCUT2D eigenvalue weighted by molar-refractivity contribution is 6.36. The smallest absolute Gasteiger partial charge is 0.345 e. The van der Waals surface area contributed by atoms with E-state index in [9.17, 15) is 9.59 Å². The summed E-state index contributed by atoms with van der Waals surface area (Å²) < 4.78 is 21.2. The monoisotopic (exact) mass is 516 g/mol. The van der Waals surface area contributed by atoms with Crippen molar-refractivity contribution in [2.24, 2.45) is 5.10 Å². The predicted molar refractivity (Wildman–Crippen MR) is 133 cm³/mol. The summed E-state index contributed by atoms with van der Waals surface area (Å²) in [7, 11) is 4.51. The van der Waals surface area contributed by atoms with Crippen molar-refractivity contribution < 1.29 is 28.5 Å². The molecule has 8 nitrogen and oxygen atoms in total. The molecule has 0 aromatic heterocycles. The van der Waals surface area contributed by atoms with Crippen LogP contribution in [0, 0.1) is 0 Å². The van der Waals surface area contributed by atoms with Gasteiger partial charge in [0.25, 0.3) is 0 Å². The van der Waals surface area contributed by atoms with Crippen molar-refractivity contribution in [2.75, 3.05) is 21.3 Å². The molecule has 0 unspecified atom stereocenters. The summed E-state index contributed by atoms with van der Waals surface area (Å²) in [5.41, 5.74) is 3.99. The summed E-state index contributed by atoms with van der Waals surface area (Å²) in [5, 5.41) is 4.55. The summed E-state index contributed by atoms with van der Waals surface area (Å²) in [6.45, 7) is 0. The van der Waals surface area contributed by atoms with Crippen LogP contribution in [0.5, 0.6) is 23.0 Å². The number of nitrogens with one attached hydrogen (secondary N) is 1. The van der Waals surface area contributed by atoms with Crippen LogP contribution in [0.1, 0.15) is 21.5 Å². The van der Waals surface area contributed by atoms with E-state index in [0.29, 0.717) is 27.8 Å². The average molecular weight is 517 g/mol. The second-order valence-corrected chi connectivity index (χ2v) is 7.93. The van der Waals surface area contributed by atoms with Crippen molar-refractivity contribution >= 4 is 41.3 Å². The number of nitrogens with zero attached hydrogens (tertiary/aromatic N) is 1. The van der Waals surface area contributed by atoms with Gasteiger partial charge in [-0.05, 0) is 59.7 Å². The molecule has 0 aliphatic carbocycles. The second-order valence-electron chi connectivity index (χ2n) is 7.08. The zero-order chi connectivity index (χ0) is 25.4. The number of rotatable bonds is 9. The Morgan fingerprint density at radius 2 is 1.54 bits per heavy atom. The third-order valence-electron chi connectivity index (χ3n) is 4.76. The van der Waals surface area contributed by atoms with Crippen LogP contribution in [-0.2, 0) is 11.2 Å². The first kappa shape index (κ1) is 25.9. The summed E-state index contributed by atoms with van der Waals surface area (Å²) in [5.74, 6) is 0.628. The maximum Gasteiger partial charge on any atom is 0.345 e. The highest BCUT2D eigenvalue weighted by Gasteiger charge is 2.16. The van der Waals surface area contributed by atoms with Crippen LogP contribution in [0.25, 0.3) is 0 Å². The quantitative estimate of drug-likeness (QED) is 0.187. The SMILES string of the molecule is COc1ccc(CC(=O)NN=Cc2ccc(OC(=O)c3ccc(Cl)cc3Cl)c(OC)c2)cc1OC. The number of carbonyl (C=O) groups excluding carboxylic acids is 2. The van der Waals surface area contributed by atoms with E-state index in [4.69, 9.17) is 42.1 Å². The molecule has 0 radical (unpaired) electrons. The van der Waals surface area contributed by atoms with Crippen molar-refractivity contribution in [2.45, 2.75) is 6.42 Å². The topological polar surface area (TPSA) is 95.5 Å². The lowest BCUT2D eigenvalue weighted by Gasteiger charge is -2.11. The molecule has 35 heavy (non-hydrogen) atoms. The molecule has 0 spiro atoms. The van der Waals surface area contributed by atoms with E-state index >= 15 is 0 Å². The van der Waals surface area contributed by atoms with Gasteiger partial charge >= 0.3 is 5.97 Å². The van der Waals surface area contributed by atoms with Crippen molar-refractivity contribution in [3.63, 3.8) is 0 Å². The fourth-order valence-electron chi connectivity index (χ4n) is 3.05. The predicted octanol–water partition coefficient (Wildman–Crippen LogP) is 4.93. The standard InChI is InChI=1S/C25H22Cl2N2O6/c1-32-20-8-4-15(10-22(20)33-2)12-24(30)29-28-14-16-5-9-21(23(11-16)34-3)35-25(31)18-7-6-17(26)13-19(18)27/h4-11,13-14H,12H2,1-3H3,(H,29,30). The Balaban J connectivity index is 1.63. The van der Waals surface area contributed by atoms with Gasteiger partial charge in [0.05, 0.1) is 44.6 Å². The average Bonchev–Trinajstić information content (AvgIpc) is 2.84. The van der Waals surface area contributed by atoms with Crippen LogP contribution in [0.2, 0.25) is 10.0 Å². The minimum absolute atomic E-state index is 0.100. The van der Waals surface area contributed by atoms with E-state index in [1.54, 1.807) is 49.6 Å². The molecule has 3 aromatic rings. The Morgan fingerprint density at radius 1 is 0.857 bits per heavy atom. The number of ether oxygens (including phenoxy) is 4. The summed E-state index contributed by atoms with van der Waals surface area (Å²) >= 11 is 11.9. The van der Waals surface area contributed by atoms with Crippen LogP contribution in [0.4, 0.5) is 0 Å². The van der Waals surface area contributed by atoms with Gasteiger partial charge in [0, 0.05) is 5.02 Å². The molecule has 0 saturated heterocycles. The molecule has 1 amide bonds. The minimum atomic E-state index is -0.659. The third kappa shape index (κ3) is 6.88. The number of halogens is 2. The number of benzene rings is 3. The van der Waals surface area contributed by atoms with Crippen molar-refractivity contribution in [1.29, 1.82) is 0 Å². The first-order valence-electron chi connectivity index (χ1n) is 10.2. The van der Waals surface area contributed by atoms with E-state index in [1.165, 1.54) is 32.6 Å². The summed E-state index contributed by atoms with van der Waals surface area (Å²) in [6, 6.07) is 14.5. The zero-order valence-electron chi connectivity index (χ0n) is 19.1. The van der Waals surface area contributed by atoms with Crippen molar-refractivity contribution in [3.8, 4) is 23.0 Å². The van der Waals surface area contributed by atoms with Crippen LogP contribution in [-0.4, -0.2) is 39.4 Å². The molecule has 0 heterocycles. The summed E-state index contributed by atoms with van der Waals surface area (Å²) in [6.07, 6.45) is 1.54. The van der Waals surface area contributed by atoms with E-state index < -0.39 is 5.97 Å². The van der Waals surface area contributed by atoms with Gasteiger partial charge in [0.15, 0.2) is 23.0 Å². The highest BCUT2D eigenvalue weighted by atomic mass is 35.5. The molecule has 0 saturated carbocycles. The van der Waals surface area contributed by atoms with Gasteiger partial charge in [-0.3, -0.25) is 4.79 Å². The van der Waals surface area contributed by atoms with Gasteiger partial charge in [-0.2, -0.15) is 5.10 Å². The summed E-state index contributed by atoms with van der Waals surface area (Å²) in [4.78, 5) is 24.7. The molecule has 182 valence electrons. The molecule has 0 atom stereocenters. The third-order valence-corrected chi connectivity index (χ3v) is 5.30. The molecule has 0 fully saturated rings. The zero-order valence-corrected chi connectivity index (χ0v) is 20.6. The number of hydrogen-bond acceptors (Lipinski definition) is 7. The van der Waals surface area contributed by atoms with Crippen LogP contribution >= 0.6 is 23.2 Å². The maximum atomic E-state index is 12.5. The van der Waals surface area contributed by atoms with Crippen LogP contribution in [0.15, 0.2) is 59.7 Å². The first-order chi connectivity index (χ1) is 16.8. The molecule has 0 aliphatic heterocycles. The number of esters is 1. The van der Waals surface area contributed by atoms with Gasteiger partial charge in [-0.15, -0.1) is 0 Å². The number of carbonyl (C=O) groups is 2. The van der Waals surface area contributed by atoms with Gasteiger partial charge < -0.3 is 18.9 Å². The Hall–Kier alpha value is -3.75. The molecule has 0 aliphatic rings. The van der Waals surface area contributed by atoms with Crippen LogP contribution in [0.3, 0.4) is 0 Å². The normalized spacial score (nSPS) is 10.7. The molecular weight excluding hydrogens is 495 g/mol. The first-order valence-corrected chi connectivity index (χ1v) is 11.0. The number of amides is 1. The molecule has 3 aromatic carbocycles. The highest BCUT2D eigenvalue weighted by Crippen LogP contribution is 2.30. The van der Waals surface area contributed by atoms with Gasteiger partial charge in [-0.25, -0.2) is 10.2 Å². The fourth-order valence-corrected chi connectivity index (χ4v) is 3.54. The Kier molecular flexibility index (Phi) is 8.94. The largest absolute Gasteiger partial charge is 0.493 e. The number of methoxy groups -OCH3 is 3. The molecular formula is C25H22Cl2N2O6. The van der Waals surface area contributed by atoms with E-state index in [0.717, 1.165) is 5.56 Å². The van der Waals surface area contributed by atoms with E-state index in [1.807, 2.05) is 0 Å². The van der Waals surface area contributed by atoms with Gasteiger partial charge in [0.2, 0.25) is 5.91 Å². The van der Waals surface area contributed by atoms with Gasteiger partial charge in [0.1, 0.15) is 0 Å². The Labute approximate surface area is 212 Å². The number of hydrazone groups is 1. The lowest BCUT2D eigenvalue weighted by atomic mass is 10.1. The minimum Gasteiger partial charge on any atom is -0.493 e.